The zero-order valence-corrected chi connectivity index (χ0v) is 19.7. The predicted molar refractivity (Wildman–Crippen MR) is 131 cm³/mol. The van der Waals surface area contributed by atoms with Gasteiger partial charge in [-0.05, 0) is 48.4 Å². The van der Waals surface area contributed by atoms with Crippen LogP contribution in [-0.4, -0.2) is 25.0 Å². The van der Waals surface area contributed by atoms with E-state index >= 15 is 0 Å². The van der Waals surface area contributed by atoms with Gasteiger partial charge < -0.3 is 15.4 Å². The maximum absolute atomic E-state index is 13.0. The first-order valence-electron chi connectivity index (χ1n) is 10.7. The van der Waals surface area contributed by atoms with Gasteiger partial charge in [0.05, 0.1) is 12.2 Å². The molecular formula is C26H27BrN2O3. The zero-order chi connectivity index (χ0) is 22.8. The molecule has 166 valence electrons. The lowest BCUT2D eigenvalue weighted by Gasteiger charge is -2.13. The van der Waals surface area contributed by atoms with E-state index < -0.39 is 0 Å². The molecule has 32 heavy (non-hydrogen) atoms. The summed E-state index contributed by atoms with van der Waals surface area (Å²) in [6.07, 6.45) is 2.68. The number of halogens is 1. The van der Waals surface area contributed by atoms with Gasteiger partial charge in [-0.2, -0.15) is 0 Å². The average molecular weight is 495 g/mol. The van der Waals surface area contributed by atoms with Gasteiger partial charge in [-0.3, -0.25) is 9.59 Å². The molecule has 3 aromatic rings. The summed E-state index contributed by atoms with van der Waals surface area (Å²) in [5.41, 5.74) is 2.65. The lowest BCUT2D eigenvalue weighted by atomic mass is 10.1. The Bertz CT molecular complexity index is 1050. The van der Waals surface area contributed by atoms with E-state index in [9.17, 15) is 9.59 Å². The van der Waals surface area contributed by atoms with Gasteiger partial charge in [-0.15, -0.1) is 0 Å². The van der Waals surface area contributed by atoms with Crippen LogP contribution in [-0.2, 0) is 6.42 Å². The predicted octanol–water partition coefficient (Wildman–Crippen LogP) is 5.85. The Hall–Kier alpha value is -3.12. The van der Waals surface area contributed by atoms with Gasteiger partial charge >= 0.3 is 0 Å². The Morgan fingerprint density at radius 3 is 2.53 bits per heavy atom. The van der Waals surface area contributed by atoms with Gasteiger partial charge in [-0.25, -0.2) is 0 Å². The van der Waals surface area contributed by atoms with Crippen molar-refractivity contribution in [1.29, 1.82) is 0 Å². The van der Waals surface area contributed by atoms with Gasteiger partial charge in [0.1, 0.15) is 5.75 Å². The van der Waals surface area contributed by atoms with E-state index in [2.05, 4.69) is 33.5 Å². The van der Waals surface area contributed by atoms with Crippen LogP contribution in [0.4, 0.5) is 5.69 Å². The number of benzene rings is 3. The quantitative estimate of drug-likeness (QED) is 0.347. The summed E-state index contributed by atoms with van der Waals surface area (Å²) in [6, 6.07) is 22.3. The first-order valence-corrected chi connectivity index (χ1v) is 11.5. The molecule has 3 aromatic carbocycles. The van der Waals surface area contributed by atoms with E-state index in [-0.39, 0.29) is 11.8 Å². The molecule has 0 heterocycles. The van der Waals surface area contributed by atoms with Gasteiger partial charge in [0, 0.05) is 28.7 Å². The van der Waals surface area contributed by atoms with Crippen molar-refractivity contribution in [1.82, 2.24) is 5.32 Å². The van der Waals surface area contributed by atoms with Gasteiger partial charge in [-0.1, -0.05) is 65.7 Å². The number of amides is 2. The summed E-state index contributed by atoms with van der Waals surface area (Å²) in [5, 5.41) is 5.76. The van der Waals surface area contributed by atoms with Gasteiger partial charge in [0.15, 0.2) is 0 Å². The molecule has 2 N–H and O–H groups in total. The number of hydrogen-bond donors (Lipinski definition) is 2. The first-order chi connectivity index (χ1) is 15.6. The van der Waals surface area contributed by atoms with Crippen molar-refractivity contribution < 1.29 is 14.3 Å². The maximum Gasteiger partial charge on any atom is 0.259 e. The highest BCUT2D eigenvalue weighted by atomic mass is 79.9. The van der Waals surface area contributed by atoms with E-state index in [1.54, 1.807) is 36.4 Å². The number of anilines is 1. The number of rotatable bonds is 10. The van der Waals surface area contributed by atoms with E-state index in [0.717, 1.165) is 23.7 Å². The Balaban J connectivity index is 1.67. The monoisotopic (exact) mass is 494 g/mol. The molecule has 0 fully saturated rings. The fourth-order valence-corrected chi connectivity index (χ4v) is 3.51. The summed E-state index contributed by atoms with van der Waals surface area (Å²) in [7, 11) is 0. The van der Waals surface area contributed by atoms with Crippen molar-refractivity contribution in [2.75, 3.05) is 18.5 Å². The number of carbonyl (C=O) groups is 2. The van der Waals surface area contributed by atoms with Crippen LogP contribution in [0.25, 0.3) is 0 Å². The number of nitrogens with one attached hydrogen (secondary N) is 2. The first kappa shape index (κ1) is 23.5. The molecule has 5 nitrogen and oxygen atoms in total. The summed E-state index contributed by atoms with van der Waals surface area (Å²) in [5.74, 6) is 0.0570. The third kappa shape index (κ3) is 6.95. The third-order valence-electron chi connectivity index (χ3n) is 4.88. The molecule has 0 radical (unpaired) electrons. The normalized spacial score (nSPS) is 10.4. The molecule has 0 atom stereocenters. The molecule has 0 aliphatic rings. The Morgan fingerprint density at radius 1 is 0.938 bits per heavy atom. The van der Waals surface area contributed by atoms with Crippen molar-refractivity contribution >= 4 is 33.4 Å². The summed E-state index contributed by atoms with van der Waals surface area (Å²) in [6.45, 7) is 3.16. The van der Waals surface area contributed by atoms with Crippen LogP contribution in [0, 0.1) is 0 Å². The zero-order valence-electron chi connectivity index (χ0n) is 18.1. The minimum Gasteiger partial charge on any atom is -0.492 e. The molecule has 0 aliphatic carbocycles. The molecule has 6 heteroatoms. The Labute approximate surface area is 197 Å². The molecule has 2 amide bonds. The second-order valence-corrected chi connectivity index (χ2v) is 8.28. The van der Waals surface area contributed by atoms with Crippen LogP contribution < -0.4 is 15.4 Å². The summed E-state index contributed by atoms with van der Waals surface area (Å²) < 4.78 is 6.71. The smallest absolute Gasteiger partial charge is 0.259 e. The third-order valence-corrected chi connectivity index (χ3v) is 5.37. The minimum absolute atomic E-state index is 0.151. The number of carbonyl (C=O) groups excluding carboxylic acids is 2. The highest BCUT2D eigenvalue weighted by Gasteiger charge is 2.15. The average Bonchev–Trinajstić information content (AvgIpc) is 2.81. The highest BCUT2D eigenvalue weighted by Crippen LogP contribution is 2.25. The number of hydrogen-bond acceptors (Lipinski definition) is 3. The van der Waals surface area contributed by atoms with Crippen LogP contribution in [0.5, 0.6) is 5.75 Å². The van der Waals surface area contributed by atoms with E-state index in [4.69, 9.17) is 4.74 Å². The minimum atomic E-state index is -0.301. The van der Waals surface area contributed by atoms with Crippen LogP contribution in [0.2, 0.25) is 0 Å². The Morgan fingerprint density at radius 2 is 1.75 bits per heavy atom. The fourth-order valence-electron chi connectivity index (χ4n) is 3.15. The second kappa shape index (κ2) is 12.1. The summed E-state index contributed by atoms with van der Waals surface area (Å²) >= 11 is 3.43. The maximum atomic E-state index is 13.0. The molecule has 0 aliphatic heterocycles. The van der Waals surface area contributed by atoms with E-state index in [0.29, 0.717) is 35.7 Å². The fraction of sp³-hybridized carbons (Fsp3) is 0.231. The van der Waals surface area contributed by atoms with Crippen LogP contribution in [0.3, 0.4) is 0 Å². The van der Waals surface area contributed by atoms with Crippen molar-refractivity contribution in [3.05, 3.63) is 94.0 Å². The molecule has 3 rings (SSSR count). The van der Waals surface area contributed by atoms with Crippen molar-refractivity contribution in [2.24, 2.45) is 0 Å². The molecular weight excluding hydrogens is 468 g/mol. The highest BCUT2D eigenvalue weighted by molar-refractivity contribution is 9.10. The lowest BCUT2D eigenvalue weighted by molar-refractivity contribution is 0.0951. The molecule has 0 saturated carbocycles. The van der Waals surface area contributed by atoms with Crippen LogP contribution in [0.1, 0.15) is 46.0 Å². The van der Waals surface area contributed by atoms with Crippen LogP contribution in [0.15, 0.2) is 77.3 Å². The van der Waals surface area contributed by atoms with Gasteiger partial charge in [0.25, 0.3) is 11.8 Å². The lowest BCUT2D eigenvalue weighted by Crippen LogP contribution is -2.24. The molecule has 0 aromatic heterocycles. The topological polar surface area (TPSA) is 67.4 Å². The van der Waals surface area contributed by atoms with Crippen molar-refractivity contribution in [2.45, 2.75) is 26.2 Å². The summed E-state index contributed by atoms with van der Waals surface area (Å²) in [4.78, 5) is 25.3. The van der Waals surface area contributed by atoms with Gasteiger partial charge in [0.2, 0.25) is 0 Å². The van der Waals surface area contributed by atoms with Crippen molar-refractivity contribution in [3.63, 3.8) is 0 Å². The number of unbranched alkanes of at least 4 members (excludes halogenated alkanes) is 1. The van der Waals surface area contributed by atoms with E-state index in [1.807, 2.05) is 36.4 Å². The molecule has 0 saturated heterocycles. The SMILES string of the molecule is CCCCNC(=O)c1cccc(NC(=O)c2cc(Br)ccc2OCCc2ccccc2)c1. The Kier molecular flexibility index (Phi) is 8.87. The van der Waals surface area contributed by atoms with Crippen molar-refractivity contribution in [3.8, 4) is 5.75 Å². The molecule has 0 bridgehead atoms. The molecule has 0 spiro atoms. The molecule has 0 unspecified atom stereocenters. The number of ether oxygens (including phenoxy) is 1. The second-order valence-electron chi connectivity index (χ2n) is 7.37. The van der Waals surface area contributed by atoms with Crippen LogP contribution >= 0.6 is 15.9 Å². The standard InChI is InChI=1S/C26H27BrN2O3/c1-2-3-15-28-25(30)20-10-7-11-22(17-20)29-26(31)23-18-21(27)12-13-24(23)32-16-14-19-8-5-4-6-9-19/h4-13,17-18H,2-3,14-16H2,1H3,(H,28,30)(H,29,31). The largest absolute Gasteiger partial charge is 0.492 e. The van der Waals surface area contributed by atoms with E-state index in [1.165, 1.54) is 5.56 Å².